The number of ether oxygens (including phenoxy) is 2. The zero-order chi connectivity index (χ0) is 22.5. The molecule has 162 valence electrons. The van der Waals surface area contributed by atoms with Gasteiger partial charge in [0.05, 0.1) is 30.6 Å². The fourth-order valence-electron chi connectivity index (χ4n) is 3.45. The third kappa shape index (κ3) is 5.03. The van der Waals surface area contributed by atoms with E-state index >= 15 is 0 Å². The first kappa shape index (κ1) is 21.9. The number of amides is 1. The Morgan fingerprint density at radius 1 is 1.16 bits per heavy atom. The number of hydrogen-bond acceptors (Lipinski definition) is 5. The molecule has 2 aromatic carbocycles. The molecule has 8 nitrogen and oxygen atoms in total. The Hall–Kier alpha value is -3.81. The van der Waals surface area contributed by atoms with Crippen molar-refractivity contribution in [3.63, 3.8) is 0 Å². The maximum absolute atomic E-state index is 12.6. The van der Waals surface area contributed by atoms with E-state index in [2.05, 4.69) is 10.4 Å². The van der Waals surface area contributed by atoms with Gasteiger partial charge in [-0.05, 0) is 25.5 Å². The van der Waals surface area contributed by atoms with Gasteiger partial charge in [0.15, 0.2) is 0 Å². The normalized spacial score (nSPS) is 11.6. The second-order valence-corrected chi connectivity index (χ2v) is 7.11. The van der Waals surface area contributed by atoms with Crippen molar-refractivity contribution >= 4 is 17.7 Å². The number of carboxylic acid groups (broad SMARTS) is 1. The van der Waals surface area contributed by atoms with Crippen molar-refractivity contribution < 1.29 is 24.2 Å². The molecule has 1 unspecified atom stereocenters. The van der Waals surface area contributed by atoms with Crippen LogP contribution in [0.5, 0.6) is 5.75 Å². The molecule has 0 bridgehead atoms. The minimum absolute atomic E-state index is 0.0526. The third-order valence-corrected chi connectivity index (χ3v) is 4.89. The zero-order valence-electron chi connectivity index (χ0n) is 17.9. The number of nitrogens with zero attached hydrogens (tertiary/aromatic N) is 2. The summed E-state index contributed by atoms with van der Waals surface area (Å²) in [6.45, 7) is 3.57. The van der Waals surface area contributed by atoms with E-state index < -0.39 is 18.2 Å². The number of para-hydroxylation sites is 1. The Bertz CT molecular complexity index is 1090. The maximum atomic E-state index is 12.6. The molecule has 0 fully saturated rings. The highest BCUT2D eigenvalue weighted by atomic mass is 16.6. The van der Waals surface area contributed by atoms with E-state index in [9.17, 15) is 9.59 Å². The molecule has 3 aromatic rings. The molecule has 0 saturated carbocycles. The Morgan fingerprint density at radius 2 is 1.84 bits per heavy atom. The molecule has 0 aliphatic heterocycles. The van der Waals surface area contributed by atoms with Gasteiger partial charge in [-0.2, -0.15) is 5.10 Å². The molecular weight excluding hydrogens is 398 g/mol. The van der Waals surface area contributed by atoms with Crippen LogP contribution in [-0.4, -0.2) is 34.1 Å². The lowest BCUT2D eigenvalue weighted by Crippen LogP contribution is -2.17. The van der Waals surface area contributed by atoms with Crippen LogP contribution in [0.25, 0.3) is 11.3 Å². The summed E-state index contributed by atoms with van der Waals surface area (Å²) < 4.78 is 12.6. The molecule has 0 radical (unpaired) electrons. The molecule has 2 N–H and O–H groups in total. The monoisotopic (exact) mass is 423 g/mol. The van der Waals surface area contributed by atoms with E-state index in [4.69, 9.17) is 14.6 Å². The van der Waals surface area contributed by atoms with Gasteiger partial charge in [-0.15, -0.1) is 0 Å². The van der Waals surface area contributed by atoms with Crippen LogP contribution >= 0.6 is 0 Å². The molecule has 0 spiro atoms. The first-order chi connectivity index (χ1) is 14.8. The molecule has 0 aliphatic carbocycles. The van der Waals surface area contributed by atoms with Crippen molar-refractivity contribution in [2.24, 2.45) is 7.05 Å². The van der Waals surface area contributed by atoms with Gasteiger partial charge in [0.25, 0.3) is 0 Å². The number of nitrogens with one attached hydrogen (secondary N) is 1. The van der Waals surface area contributed by atoms with Gasteiger partial charge in [0.1, 0.15) is 11.9 Å². The summed E-state index contributed by atoms with van der Waals surface area (Å²) in [7, 11) is 3.35. The smallest absolute Gasteiger partial charge is 0.412 e. The molecule has 0 aliphatic rings. The van der Waals surface area contributed by atoms with Crippen molar-refractivity contribution in [2.45, 2.75) is 26.4 Å². The molecule has 1 atom stereocenters. The molecule has 8 heteroatoms. The number of aryl methyl sites for hydroxylation is 2. The number of benzene rings is 2. The lowest BCUT2D eigenvalue weighted by atomic mass is 10.1. The van der Waals surface area contributed by atoms with E-state index in [-0.39, 0.29) is 6.42 Å². The van der Waals surface area contributed by atoms with Crippen LogP contribution in [0.1, 0.15) is 29.8 Å². The van der Waals surface area contributed by atoms with E-state index in [1.54, 1.807) is 44.8 Å². The summed E-state index contributed by atoms with van der Waals surface area (Å²) in [4.78, 5) is 23.5. The second kappa shape index (κ2) is 9.34. The second-order valence-electron chi connectivity index (χ2n) is 7.11. The zero-order valence-corrected chi connectivity index (χ0v) is 17.9. The molecule has 3 rings (SSSR count). The molecule has 31 heavy (non-hydrogen) atoms. The van der Waals surface area contributed by atoms with Crippen molar-refractivity contribution in [3.05, 3.63) is 65.4 Å². The number of aliphatic carboxylic acids is 1. The Morgan fingerprint density at radius 3 is 2.48 bits per heavy atom. The predicted octanol–water partition coefficient (Wildman–Crippen LogP) is 4.34. The van der Waals surface area contributed by atoms with Gasteiger partial charge < -0.3 is 14.6 Å². The quantitative estimate of drug-likeness (QED) is 0.586. The highest BCUT2D eigenvalue weighted by Crippen LogP contribution is 2.32. The first-order valence-corrected chi connectivity index (χ1v) is 9.75. The SMILES string of the molecule is COc1ccccc1C(C)OC(=O)Nc1c(C)nn(C)c1-c1ccc(CC(=O)O)cc1. The molecule has 1 amide bonds. The number of aromatic nitrogens is 2. The van der Waals surface area contributed by atoms with Crippen molar-refractivity contribution in [3.8, 4) is 17.0 Å². The molecule has 1 heterocycles. The third-order valence-electron chi connectivity index (χ3n) is 4.89. The fourth-order valence-corrected chi connectivity index (χ4v) is 3.45. The Balaban J connectivity index is 1.80. The number of anilines is 1. The predicted molar refractivity (Wildman–Crippen MR) is 116 cm³/mol. The van der Waals surface area contributed by atoms with Gasteiger partial charge in [-0.1, -0.05) is 42.5 Å². The van der Waals surface area contributed by atoms with Crippen molar-refractivity contribution in [2.75, 3.05) is 12.4 Å². The fraction of sp³-hybridized carbons (Fsp3) is 0.261. The summed E-state index contributed by atoms with van der Waals surface area (Å²) >= 11 is 0. The average molecular weight is 423 g/mol. The summed E-state index contributed by atoms with van der Waals surface area (Å²) in [6.07, 6.45) is -1.19. The van der Waals surface area contributed by atoms with Gasteiger partial charge in [-0.25, -0.2) is 4.79 Å². The summed E-state index contributed by atoms with van der Waals surface area (Å²) in [5, 5.41) is 16.2. The number of hydrogen-bond donors (Lipinski definition) is 2. The van der Waals surface area contributed by atoms with Crippen LogP contribution in [0.15, 0.2) is 48.5 Å². The lowest BCUT2D eigenvalue weighted by molar-refractivity contribution is -0.136. The maximum Gasteiger partial charge on any atom is 0.412 e. The number of carbonyl (C=O) groups is 2. The summed E-state index contributed by atoms with van der Waals surface area (Å²) in [6, 6.07) is 14.5. The minimum atomic E-state index is -0.890. The molecular formula is C23H25N3O5. The van der Waals surface area contributed by atoms with Crippen LogP contribution in [0, 0.1) is 6.92 Å². The Labute approximate surface area is 180 Å². The van der Waals surface area contributed by atoms with Gasteiger partial charge in [0, 0.05) is 18.2 Å². The number of carbonyl (C=O) groups excluding carboxylic acids is 1. The van der Waals surface area contributed by atoms with Crippen LogP contribution in [-0.2, 0) is 23.0 Å². The van der Waals surface area contributed by atoms with Crippen LogP contribution in [0.3, 0.4) is 0 Å². The average Bonchev–Trinajstić information content (AvgIpc) is 3.00. The molecule has 1 aromatic heterocycles. The minimum Gasteiger partial charge on any atom is -0.496 e. The summed E-state index contributed by atoms with van der Waals surface area (Å²) in [5.41, 5.74) is 4.11. The van der Waals surface area contributed by atoms with E-state index in [1.807, 2.05) is 36.4 Å². The highest BCUT2D eigenvalue weighted by Gasteiger charge is 2.21. The summed E-state index contributed by atoms with van der Waals surface area (Å²) in [5.74, 6) is -0.249. The largest absolute Gasteiger partial charge is 0.496 e. The van der Waals surface area contributed by atoms with Gasteiger partial charge >= 0.3 is 12.1 Å². The topological polar surface area (TPSA) is 103 Å². The van der Waals surface area contributed by atoms with E-state index in [0.717, 1.165) is 11.1 Å². The van der Waals surface area contributed by atoms with Crippen molar-refractivity contribution in [1.29, 1.82) is 0 Å². The first-order valence-electron chi connectivity index (χ1n) is 9.75. The molecule has 0 saturated heterocycles. The van der Waals surface area contributed by atoms with Gasteiger partial charge in [-0.3, -0.25) is 14.8 Å². The Kier molecular flexibility index (Phi) is 6.59. The van der Waals surface area contributed by atoms with Gasteiger partial charge in [0.2, 0.25) is 0 Å². The highest BCUT2D eigenvalue weighted by molar-refractivity contribution is 5.91. The number of rotatable bonds is 7. The van der Waals surface area contributed by atoms with Crippen LogP contribution in [0.2, 0.25) is 0 Å². The van der Waals surface area contributed by atoms with Crippen LogP contribution < -0.4 is 10.1 Å². The number of methoxy groups -OCH3 is 1. The van der Waals surface area contributed by atoms with Crippen molar-refractivity contribution in [1.82, 2.24) is 9.78 Å². The van der Waals surface area contributed by atoms with E-state index in [0.29, 0.717) is 28.4 Å². The van der Waals surface area contributed by atoms with Crippen LogP contribution in [0.4, 0.5) is 10.5 Å². The number of carboxylic acids is 1. The van der Waals surface area contributed by atoms with E-state index in [1.165, 1.54) is 0 Å². The lowest BCUT2D eigenvalue weighted by Gasteiger charge is -2.17. The standard InChI is InChI=1S/C23H25N3O5/c1-14-21(24-23(29)31-15(2)18-7-5-6-8-19(18)30-4)22(26(3)25-14)17-11-9-16(10-12-17)13-20(27)28/h5-12,15H,13H2,1-4H3,(H,24,29)(H,27,28).